The summed E-state index contributed by atoms with van der Waals surface area (Å²) >= 11 is 0. The zero-order chi connectivity index (χ0) is 15.2. The number of likely N-dealkylation sites (tertiary alicyclic amines) is 1. The summed E-state index contributed by atoms with van der Waals surface area (Å²) in [5.41, 5.74) is 7.23. The maximum atomic E-state index is 6.10. The fourth-order valence-electron chi connectivity index (χ4n) is 3.24. The third-order valence-electron chi connectivity index (χ3n) is 4.51. The molecule has 0 aromatic heterocycles. The van der Waals surface area contributed by atoms with Gasteiger partial charge in [-0.1, -0.05) is 19.1 Å². The number of nitrogens with zero attached hydrogens (tertiary/aromatic N) is 1. The van der Waals surface area contributed by atoms with Crippen molar-refractivity contribution >= 4 is 0 Å². The van der Waals surface area contributed by atoms with Crippen molar-refractivity contribution in [3.63, 3.8) is 0 Å². The van der Waals surface area contributed by atoms with E-state index in [2.05, 4.69) is 17.9 Å². The van der Waals surface area contributed by atoms with Gasteiger partial charge in [0.15, 0.2) is 11.5 Å². The van der Waals surface area contributed by atoms with Crippen molar-refractivity contribution in [2.24, 2.45) is 11.7 Å². The molecule has 1 fully saturated rings. The average Bonchev–Trinajstić information content (AvgIpc) is 2.73. The van der Waals surface area contributed by atoms with Gasteiger partial charge in [-0.05, 0) is 44.3 Å². The lowest BCUT2D eigenvalue weighted by Gasteiger charge is -2.31. The van der Waals surface area contributed by atoms with Gasteiger partial charge >= 0.3 is 0 Å². The molecule has 1 aliphatic heterocycles. The Morgan fingerprint density at radius 2 is 2.05 bits per heavy atom. The number of hydrogen-bond acceptors (Lipinski definition) is 4. The minimum absolute atomic E-state index is 0.195. The number of nitrogens with two attached hydrogens (primary N) is 1. The van der Waals surface area contributed by atoms with Crippen molar-refractivity contribution in [3.8, 4) is 11.5 Å². The van der Waals surface area contributed by atoms with Gasteiger partial charge in [0.05, 0.1) is 20.3 Å². The van der Waals surface area contributed by atoms with Gasteiger partial charge in [0.1, 0.15) is 0 Å². The molecule has 2 rings (SSSR count). The molecule has 118 valence electrons. The Hall–Kier alpha value is -1.26. The monoisotopic (exact) mass is 292 g/mol. The third-order valence-corrected chi connectivity index (χ3v) is 4.51. The van der Waals surface area contributed by atoms with Crippen LogP contribution >= 0.6 is 0 Å². The Kier molecular flexibility index (Phi) is 5.88. The maximum absolute atomic E-state index is 6.10. The lowest BCUT2D eigenvalue weighted by molar-refractivity contribution is 0.202. The van der Waals surface area contributed by atoms with Crippen molar-refractivity contribution in [2.75, 3.05) is 33.9 Å². The van der Waals surface area contributed by atoms with Crippen LogP contribution < -0.4 is 15.2 Å². The SMILES string of the molecule is COc1cccc(C(CN)N2CCCC(C)CC2)c1OC. The van der Waals surface area contributed by atoms with Crippen LogP contribution in [0.25, 0.3) is 0 Å². The first-order valence-corrected chi connectivity index (χ1v) is 7.86. The van der Waals surface area contributed by atoms with E-state index in [-0.39, 0.29) is 6.04 Å². The van der Waals surface area contributed by atoms with Gasteiger partial charge in [0.2, 0.25) is 0 Å². The van der Waals surface area contributed by atoms with Crippen LogP contribution in [0.4, 0.5) is 0 Å². The summed E-state index contributed by atoms with van der Waals surface area (Å²) in [6.07, 6.45) is 3.79. The first kappa shape index (κ1) is 16.1. The summed E-state index contributed by atoms with van der Waals surface area (Å²) in [6, 6.07) is 6.24. The number of benzene rings is 1. The van der Waals surface area contributed by atoms with E-state index in [1.165, 1.54) is 19.3 Å². The van der Waals surface area contributed by atoms with E-state index in [4.69, 9.17) is 15.2 Å². The molecule has 4 heteroatoms. The second kappa shape index (κ2) is 7.66. The molecule has 0 radical (unpaired) electrons. The Labute approximate surface area is 128 Å². The smallest absolute Gasteiger partial charge is 0.165 e. The van der Waals surface area contributed by atoms with Crippen LogP contribution in [0.5, 0.6) is 11.5 Å². The van der Waals surface area contributed by atoms with E-state index in [1.54, 1.807) is 14.2 Å². The topological polar surface area (TPSA) is 47.7 Å². The molecular formula is C17H28N2O2. The quantitative estimate of drug-likeness (QED) is 0.906. The Morgan fingerprint density at radius 3 is 2.71 bits per heavy atom. The highest BCUT2D eigenvalue weighted by Crippen LogP contribution is 2.37. The second-order valence-corrected chi connectivity index (χ2v) is 5.91. The molecule has 0 bridgehead atoms. The highest BCUT2D eigenvalue weighted by molar-refractivity contribution is 5.48. The molecule has 1 aliphatic rings. The van der Waals surface area contributed by atoms with Crippen LogP contribution in [-0.2, 0) is 0 Å². The van der Waals surface area contributed by atoms with Crippen LogP contribution in [0.15, 0.2) is 18.2 Å². The van der Waals surface area contributed by atoms with Gasteiger partial charge < -0.3 is 15.2 Å². The normalized spacial score (nSPS) is 21.6. The van der Waals surface area contributed by atoms with E-state index in [1.807, 2.05) is 12.1 Å². The van der Waals surface area contributed by atoms with Gasteiger partial charge in [-0.25, -0.2) is 0 Å². The first-order valence-electron chi connectivity index (χ1n) is 7.86. The zero-order valence-corrected chi connectivity index (χ0v) is 13.5. The molecule has 2 unspecified atom stereocenters. The lowest BCUT2D eigenvalue weighted by Crippen LogP contribution is -2.35. The summed E-state index contributed by atoms with van der Waals surface area (Å²) in [5.74, 6) is 2.39. The van der Waals surface area contributed by atoms with Gasteiger partial charge in [-0.3, -0.25) is 4.90 Å². The van der Waals surface area contributed by atoms with Crippen LogP contribution in [0.3, 0.4) is 0 Å². The number of para-hydroxylation sites is 1. The second-order valence-electron chi connectivity index (χ2n) is 5.91. The first-order chi connectivity index (χ1) is 10.2. The zero-order valence-electron chi connectivity index (χ0n) is 13.5. The molecule has 2 atom stereocenters. The largest absolute Gasteiger partial charge is 0.493 e. The Balaban J connectivity index is 2.28. The van der Waals surface area contributed by atoms with Crippen LogP contribution in [0, 0.1) is 5.92 Å². The van der Waals surface area contributed by atoms with E-state index >= 15 is 0 Å². The molecule has 2 N–H and O–H groups in total. The summed E-state index contributed by atoms with van der Waals surface area (Å²) < 4.78 is 11.0. The summed E-state index contributed by atoms with van der Waals surface area (Å²) in [4.78, 5) is 2.50. The van der Waals surface area contributed by atoms with E-state index in [9.17, 15) is 0 Å². The molecule has 1 heterocycles. The predicted molar refractivity (Wildman–Crippen MR) is 85.9 cm³/mol. The van der Waals surface area contributed by atoms with Crippen molar-refractivity contribution in [1.29, 1.82) is 0 Å². The minimum Gasteiger partial charge on any atom is -0.493 e. The average molecular weight is 292 g/mol. The molecule has 0 aliphatic carbocycles. The molecule has 21 heavy (non-hydrogen) atoms. The highest BCUT2D eigenvalue weighted by atomic mass is 16.5. The van der Waals surface area contributed by atoms with Crippen molar-refractivity contribution in [3.05, 3.63) is 23.8 Å². The highest BCUT2D eigenvalue weighted by Gasteiger charge is 2.25. The molecule has 0 spiro atoms. The number of methoxy groups -OCH3 is 2. The van der Waals surface area contributed by atoms with Crippen LogP contribution in [0.1, 0.15) is 37.8 Å². The fourth-order valence-corrected chi connectivity index (χ4v) is 3.24. The Morgan fingerprint density at radius 1 is 1.24 bits per heavy atom. The van der Waals surface area contributed by atoms with Crippen LogP contribution in [0.2, 0.25) is 0 Å². The molecule has 0 saturated carbocycles. The minimum atomic E-state index is 0.195. The van der Waals surface area contributed by atoms with Gasteiger partial charge in [-0.2, -0.15) is 0 Å². The van der Waals surface area contributed by atoms with Gasteiger partial charge in [-0.15, -0.1) is 0 Å². The van der Waals surface area contributed by atoms with Crippen molar-refractivity contribution in [1.82, 2.24) is 4.90 Å². The molecule has 4 nitrogen and oxygen atoms in total. The van der Waals surface area contributed by atoms with Gasteiger partial charge in [0.25, 0.3) is 0 Å². The third kappa shape index (κ3) is 3.69. The maximum Gasteiger partial charge on any atom is 0.165 e. The lowest BCUT2D eigenvalue weighted by atomic mass is 10.0. The predicted octanol–water partition coefficient (Wildman–Crippen LogP) is 2.83. The molecular weight excluding hydrogens is 264 g/mol. The fraction of sp³-hybridized carbons (Fsp3) is 0.647. The van der Waals surface area contributed by atoms with Crippen molar-refractivity contribution in [2.45, 2.75) is 32.2 Å². The number of rotatable bonds is 5. The summed E-state index contributed by atoms with van der Waals surface area (Å²) in [7, 11) is 3.37. The van der Waals surface area contributed by atoms with E-state index in [0.717, 1.165) is 36.1 Å². The van der Waals surface area contributed by atoms with Crippen LogP contribution in [-0.4, -0.2) is 38.8 Å². The summed E-state index contributed by atoms with van der Waals surface area (Å²) in [6.45, 7) is 5.14. The Bertz CT molecular complexity index is 450. The molecule has 1 aromatic carbocycles. The standard InChI is InChI=1S/C17H28N2O2/c1-13-6-5-10-19(11-9-13)15(12-18)14-7-4-8-16(20-2)17(14)21-3/h4,7-8,13,15H,5-6,9-12,18H2,1-3H3. The molecule has 1 saturated heterocycles. The van der Waals surface area contributed by atoms with E-state index < -0.39 is 0 Å². The number of ether oxygens (including phenoxy) is 2. The van der Waals surface area contributed by atoms with Crippen molar-refractivity contribution < 1.29 is 9.47 Å². The molecule has 1 aromatic rings. The summed E-state index contributed by atoms with van der Waals surface area (Å²) in [5, 5.41) is 0. The van der Waals surface area contributed by atoms with E-state index in [0.29, 0.717) is 6.54 Å². The number of hydrogen-bond donors (Lipinski definition) is 1. The van der Waals surface area contributed by atoms with Gasteiger partial charge in [0, 0.05) is 12.1 Å². The molecule has 0 amide bonds.